The van der Waals surface area contributed by atoms with Crippen LogP contribution in [0.2, 0.25) is 0 Å². The third kappa shape index (κ3) is 2.48. The molecule has 0 fully saturated rings. The van der Waals surface area contributed by atoms with Crippen molar-refractivity contribution in [3.63, 3.8) is 0 Å². The van der Waals surface area contributed by atoms with E-state index in [1.165, 1.54) is 9.40 Å². The molecule has 0 spiro atoms. The van der Waals surface area contributed by atoms with Crippen LogP contribution in [0.3, 0.4) is 0 Å². The molecule has 0 aromatic carbocycles. The van der Waals surface area contributed by atoms with Gasteiger partial charge in [-0.15, -0.1) is 29.3 Å². The van der Waals surface area contributed by atoms with Crippen LogP contribution in [-0.4, -0.2) is 5.11 Å². The fraction of sp³-hybridized carbons (Fsp3) is 0.333. The van der Waals surface area contributed by atoms with Gasteiger partial charge in [0, 0.05) is 14.3 Å². The molecule has 80 valence electrons. The number of aliphatic hydroxyl groups excluding tert-OH is 1. The van der Waals surface area contributed by atoms with Gasteiger partial charge < -0.3 is 5.11 Å². The van der Waals surface area contributed by atoms with Crippen molar-refractivity contribution >= 4 is 32.1 Å². The highest BCUT2D eigenvalue weighted by Gasteiger charge is 2.11. The van der Waals surface area contributed by atoms with Gasteiger partial charge in [-0.3, -0.25) is 0 Å². The van der Waals surface area contributed by atoms with Gasteiger partial charge in [-0.2, -0.15) is 0 Å². The number of rotatable bonds is 5. The van der Waals surface area contributed by atoms with Crippen LogP contribution < -0.4 is 0 Å². The number of thiophene rings is 2. The molecule has 1 N–H and O–H groups in total. The lowest BCUT2D eigenvalue weighted by molar-refractivity contribution is 0.169. The fourth-order valence-corrected chi connectivity index (χ4v) is 3.69. The van der Waals surface area contributed by atoms with E-state index in [1.54, 1.807) is 22.7 Å². The lowest BCUT2D eigenvalue weighted by atomic mass is 10.1. The Hall–Kier alpha value is -0.640. The maximum atomic E-state index is 9.95. The van der Waals surface area contributed by atoms with E-state index in [1.807, 2.05) is 6.08 Å². The molecule has 3 heteroatoms. The highest BCUT2D eigenvalue weighted by Crippen LogP contribution is 2.34. The first kappa shape index (κ1) is 10.9. The summed E-state index contributed by atoms with van der Waals surface area (Å²) in [6, 6.07) is 4.23. The van der Waals surface area contributed by atoms with Crippen molar-refractivity contribution in [2.45, 2.75) is 25.4 Å². The molecular weight excluding hydrogens is 224 g/mol. The average molecular weight is 238 g/mol. The van der Waals surface area contributed by atoms with Crippen LogP contribution in [0.5, 0.6) is 0 Å². The summed E-state index contributed by atoms with van der Waals surface area (Å²) < 4.78 is 2.58. The van der Waals surface area contributed by atoms with Crippen LogP contribution in [-0.2, 0) is 0 Å². The number of hydrogen-bond acceptors (Lipinski definition) is 3. The molecule has 2 rings (SSSR count). The molecule has 0 aliphatic heterocycles. The highest BCUT2D eigenvalue weighted by molar-refractivity contribution is 7.26. The summed E-state index contributed by atoms with van der Waals surface area (Å²) in [7, 11) is 0. The maximum Gasteiger partial charge on any atom is 0.0882 e. The Morgan fingerprint density at radius 1 is 1.47 bits per heavy atom. The molecule has 1 atom stereocenters. The van der Waals surface area contributed by atoms with Gasteiger partial charge in [0.2, 0.25) is 0 Å². The van der Waals surface area contributed by atoms with Gasteiger partial charge in [-0.1, -0.05) is 6.08 Å². The number of fused-ring (bicyclic) bond motifs is 1. The Kier molecular flexibility index (Phi) is 3.57. The molecule has 2 aromatic heterocycles. The van der Waals surface area contributed by atoms with Crippen molar-refractivity contribution in [3.8, 4) is 0 Å². The van der Waals surface area contributed by atoms with E-state index in [0.717, 1.165) is 24.1 Å². The van der Waals surface area contributed by atoms with Crippen molar-refractivity contribution in [3.05, 3.63) is 35.0 Å². The minimum Gasteiger partial charge on any atom is -0.388 e. The second kappa shape index (κ2) is 4.92. The summed E-state index contributed by atoms with van der Waals surface area (Å²) in [5.41, 5.74) is 0. The zero-order valence-electron chi connectivity index (χ0n) is 8.48. The third-order valence-electron chi connectivity index (χ3n) is 2.37. The average Bonchev–Trinajstić information content (AvgIpc) is 2.76. The van der Waals surface area contributed by atoms with E-state index in [9.17, 15) is 5.11 Å². The molecule has 1 unspecified atom stereocenters. The Balaban J connectivity index is 2.03. The molecule has 0 amide bonds. The Morgan fingerprint density at radius 2 is 2.33 bits per heavy atom. The smallest absolute Gasteiger partial charge is 0.0882 e. The van der Waals surface area contributed by atoms with Crippen LogP contribution in [0, 0.1) is 0 Å². The first-order valence-corrected chi connectivity index (χ1v) is 6.77. The van der Waals surface area contributed by atoms with E-state index in [-0.39, 0.29) is 6.10 Å². The van der Waals surface area contributed by atoms with Crippen LogP contribution >= 0.6 is 22.7 Å². The Labute approximate surface area is 97.7 Å². The molecule has 0 saturated heterocycles. The normalized spacial score (nSPS) is 13.1. The van der Waals surface area contributed by atoms with E-state index in [2.05, 4.69) is 24.1 Å². The second-order valence-corrected chi connectivity index (χ2v) is 5.60. The van der Waals surface area contributed by atoms with Gasteiger partial charge in [-0.25, -0.2) is 0 Å². The van der Waals surface area contributed by atoms with Gasteiger partial charge in [0.1, 0.15) is 0 Å². The minimum atomic E-state index is -0.297. The van der Waals surface area contributed by atoms with Gasteiger partial charge in [0.05, 0.1) is 6.10 Å². The molecule has 0 radical (unpaired) electrons. The Morgan fingerprint density at radius 3 is 3.07 bits per heavy atom. The lowest BCUT2D eigenvalue weighted by Crippen LogP contribution is -1.93. The van der Waals surface area contributed by atoms with Crippen LogP contribution in [0.15, 0.2) is 30.2 Å². The van der Waals surface area contributed by atoms with E-state index >= 15 is 0 Å². The Bertz CT molecular complexity index is 413. The predicted octanol–water partition coefficient (Wildman–Crippen LogP) is 4.35. The van der Waals surface area contributed by atoms with Crippen molar-refractivity contribution < 1.29 is 5.11 Å². The van der Waals surface area contributed by atoms with E-state index < -0.39 is 0 Å². The summed E-state index contributed by atoms with van der Waals surface area (Å²) in [4.78, 5) is 1.10. The number of aliphatic hydroxyl groups is 1. The van der Waals surface area contributed by atoms with Crippen molar-refractivity contribution in [2.24, 2.45) is 0 Å². The first-order chi connectivity index (χ1) is 7.31. The zero-order valence-corrected chi connectivity index (χ0v) is 10.1. The molecule has 0 saturated carbocycles. The van der Waals surface area contributed by atoms with Crippen LogP contribution in [0.4, 0.5) is 0 Å². The molecule has 0 bridgehead atoms. The maximum absolute atomic E-state index is 9.95. The van der Waals surface area contributed by atoms with E-state index in [0.29, 0.717) is 0 Å². The monoisotopic (exact) mass is 238 g/mol. The van der Waals surface area contributed by atoms with Crippen molar-refractivity contribution in [1.82, 2.24) is 0 Å². The largest absolute Gasteiger partial charge is 0.388 e. The van der Waals surface area contributed by atoms with Crippen molar-refractivity contribution in [1.29, 1.82) is 0 Å². The van der Waals surface area contributed by atoms with E-state index in [4.69, 9.17) is 0 Å². The molecule has 0 aliphatic rings. The fourth-order valence-electron chi connectivity index (χ4n) is 1.55. The van der Waals surface area contributed by atoms with Gasteiger partial charge in [0.25, 0.3) is 0 Å². The van der Waals surface area contributed by atoms with Gasteiger partial charge >= 0.3 is 0 Å². The molecule has 1 nitrogen and oxygen atoms in total. The van der Waals surface area contributed by atoms with Gasteiger partial charge in [0.15, 0.2) is 0 Å². The molecule has 0 aliphatic carbocycles. The summed E-state index contributed by atoms with van der Waals surface area (Å²) in [5.74, 6) is 0. The van der Waals surface area contributed by atoms with Crippen LogP contribution in [0.25, 0.3) is 9.40 Å². The number of hydrogen-bond donors (Lipinski definition) is 1. The molecular formula is C12H14OS2. The number of unbranched alkanes of at least 4 members (excludes halogenated alkanes) is 1. The highest BCUT2D eigenvalue weighted by atomic mass is 32.1. The van der Waals surface area contributed by atoms with Gasteiger partial charge in [-0.05, 0) is 36.8 Å². The summed E-state index contributed by atoms with van der Waals surface area (Å²) >= 11 is 3.44. The molecule has 15 heavy (non-hydrogen) atoms. The summed E-state index contributed by atoms with van der Waals surface area (Å²) in [5, 5.41) is 12.0. The summed E-state index contributed by atoms with van der Waals surface area (Å²) in [6.45, 7) is 3.68. The topological polar surface area (TPSA) is 20.2 Å². The predicted molar refractivity (Wildman–Crippen MR) is 68.7 cm³/mol. The van der Waals surface area contributed by atoms with Crippen LogP contribution in [0.1, 0.15) is 30.2 Å². The van der Waals surface area contributed by atoms with Crippen molar-refractivity contribution in [2.75, 3.05) is 0 Å². The SMILES string of the molecule is C=CCCCC(O)c1cc2sccc2s1. The molecule has 2 aromatic rings. The third-order valence-corrected chi connectivity index (χ3v) is 4.57. The molecule has 2 heterocycles. The quantitative estimate of drug-likeness (QED) is 0.606. The minimum absolute atomic E-state index is 0.297. The first-order valence-electron chi connectivity index (χ1n) is 5.07. The lowest BCUT2D eigenvalue weighted by Gasteiger charge is -2.06. The standard InChI is InChI=1S/C12H14OS2/c1-2-3-4-5-9(13)11-8-12-10(15-11)6-7-14-12/h2,6-9,13H,1,3-5H2. The zero-order chi connectivity index (χ0) is 10.7. The summed E-state index contributed by atoms with van der Waals surface area (Å²) in [6.07, 6.45) is 4.43. The second-order valence-electron chi connectivity index (χ2n) is 3.53. The number of allylic oxidation sites excluding steroid dienone is 1.